The highest BCUT2D eigenvalue weighted by Gasteiger charge is 2.25. The van der Waals surface area contributed by atoms with Crippen LogP contribution in [0.2, 0.25) is 0 Å². The minimum atomic E-state index is -0.211. The monoisotopic (exact) mass is 279 g/mol. The van der Waals surface area contributed by atoms with Crippen molar-refractivity contribution in [3.05, 3.63) is 35.6 Å². The van der Waals surface area contributed by atoms with Gasteiger partial charge in [0.15, 0.2) is 0 Å². The smallest absolute Gasteiger partial charge is 0.224 e. The van der Waals surface area contributed by atoms with E-state index in [9.17, 15) is 9.18 Å². The maximum atomic E-state index is 13.2. The summed E-state index contributed by atoms with van der Waals surface area (Å²) in [5.41, 5.74) is 6.34. The summed E-state index contributed by atoms with van der Waals surface area (Å²) in [5, 5.41) is 2.84. The Morgan fingerprint density at radius 1 is 1.50 bits per heavy atom. The Labute approximate surface area is 119 Å². The number of halogens is 1. The third kappa shape index (κ3) is 4.28. The normalized spacial score (nSPS) is 19.8. The van der Waals surface area contributed by atoms with Crippen LogP contribution in [0.5, 0.6) is 0 Å². The Morgan fingerprint density at radius 3 is 3.10 bits per heavy atom. The molecule has 0 aromatic heterocycles. The standard InChI is InChI=1S/C15H22FN3O/c16-14-5-1-3-12(9-14)10-19-8-2-4-13(11-19)15(20)18-7-6-17/h1,3,5,9,13H,2,4,6-8,10-11,17H2,(H,18,20). The molecule has 1 aliphatic heterocycles. The lowest BCUT2D eigenvalue weighted by atomic mass is 9.96. The number of carbonyl (C=O) groups is 1. The molecule has 0 saturated carbocycles. The Morgan fingerprint density at radius 2 is 2.35 bits per heavy atom. The van der Waals surface area contributed by atoms with Crippen LogP contribution in [-0.4, -0.2) is 37.0 Å². The van der Waals surface area contributed by atoms with Crippen LogP contribution < -0.4 is 11.1 Å². The zero-order valence-electron chi connectivity index (χ0n) is 11.6. The van der Waals surface area contributed by atoms with Crippen LogP contribution in [0.25, 0.3) is 0 Å². The van der Waals surface area contributed by atoms with Gasteiger partial charge in [-0.15, -0.1) is 0 Å². The van der Waals surface area contributed by atoms with E-state index < -0.39 is 0 Å². The van der Waals surface area contributed by atoms with Gasteiger partial charge in [-0.3, -0.25) is 9.69 Å². The van der Waals surface area contributed by atoms with E-state index in [-0.39, 0.29) is 17.6 Å². The second-order valence-electron chi connectivity index (χ2n) is 5.28. The highest BCUT2D eigenvalue weighted by Crippen LogP contribution is 2.19. The number of nitrogens with zero attached hydrogens (tertiary/aromatic N) is 1. The Balaban J connectivity index is 1.88. The molecular weight excluding hydrogens is 257 g/mol. The Bertz CT molecular complexity index is 452. The molecule has 1 aromatic carbocycles. The maximum Gasteiger partial charge on any atom is 0.224 e. The summed E-state index contributed by atoms with van der Waals surface area (Å²) >= 11 is 0. The number of piperidine rings is 1. The van der Waals surface area contributed by atoms with Crippen LogP contribution in [0.15, 0.2) is 24.3 Å². The van der Waals surface area contributed by atoms with Crippen LogP contribution >= 0.6 is 0 Å². The molecule has 1 amide bonds. The van der Waals surface area contributed by atoms with Crippen molar-refractivity contribution < 1.29 is 9.18 Å². The summed E-state index contributed by atoms with van der Waals surface area (Å²) in [7, 11) is 0. The number of hydrogen-bond acceptors (Lipinski definition) is 3. The molecule has 0 radical (unpaired) electrons. The predicted octanol–water partition coefficient (Wildman–Crippen LogP) is 1.11. The zero-order chi connectivity index (χ0) is 14.4. The Kier molecular flexibility index (Phi) is 5.49. The molecule has 5 heteroatoms. The summed E-state index contributed by atoms with van der Waals surface area (Å²) in [6, 6.07) is 6.64. The number of nitrogens with one attached hydrogen (secondary N) is 1. The van der Waals surface area contributed by atoms with Gasteiger partial charge < -0.3 is 11.1 Å². The fourth-order valence-electron chi connectivity index (χ4n) is 2.65. The van der Waals surface area contributed by atoms with E-state index in [4.69, 9.17) is 5.73 Å². The molecule has 1 aromatic rings. The van der Waals surface area contributed by atoms with E-state index in [1.807, 2.05) is 6.07 Å². The van der Waals surface area contributed by atoms with Crippen molar-refractivity contribution in [2.75, 3.05) is 26.2 Å². The first kappa shape index (κ1) is 14.9. The SMILES string of the molecule is NCCNC(=O)C1CCCN(Cc2cccc(F)c2)C1. The van der Waals surface area contributed by atoms with Crippen molar-refractivity contribution in [1.82, 2.24) is 10.2 Å². The van der Waals surface area contributed by atoms with Crippen molar-refractivity contribution in [2.45, 2.75) is 19.4 Å². The molecule has 20 heavy (non-hydrogen) atoms. The predicted molar refractivity (Wildman–Crippen MR) is 76.5 cm³/mol. The molecule has 3 N–H and O–H groups in total. The molecule has 1 unspecified atom stereocenters. The van der Waals surface area contributed by atoms with Crippen molar-refractivity contribution in [3.63, 3.8) is 0 Å². The molecule has 1 atom stereocenters. The fraction of sp³-hybridized carbons (Fsp3) is 0.533. The van der Waals surface area contributed by atoms with Crippen molar-refractivity contribution in [2.24, 2.45) is 11.7 Å². The maximum absolute atomic E-state index is 13.2. The number of benzene rings is 1. The summed E-state index contributed by atoms with van der Waals surface area (Å²) in [4.78, 5) is 14.2. The quantitative estimate of drug-likeness (QED) is 0.849. The van der Waals surface area contributed by atoms with E-state index >= 15 is 0 Å². The van der Waals surface area contributed by atoms with Gasteiger partial charge >= 0.3 is 0 Å². The third-order valence-electron chi connectivity index (χ3n) is 3.62. The molecule has 0 spiro atoms. The second-order valence-corrected chi connectivity index (χ2v) is 5.28. The van der Waals surface area contributed by atoms with E-state index in [1.54, 1.807) is 12.1 Å². The minimum Gasteiger partial charge on any atom is -0.355 e. The van der Waals surface area contributed by atoms with Gasteiger partial charge in [-0.2, -0.15) is 0 Å². The largest absolute Gasteiger partial charge is 0.355 e. The molecule has 1 saturated heterocycles. The average Bonchev–Trinajstić information content (AvgIpc) is 2.45. The highest BCUT2D eigenvalue weighted by molar-refractivity contribution is 5.78. The van der Waals surface area contributed by atoms with E-state index in [2.05, 4.69) is 10.2 Å². The number of rotatable bonds is 5. The lowest BCUT2D eigenvalue weighted by Crippen LogP contribution is -2.43. The summed E-state index contributed by atoms with van der Waals surface area (Å²) in [5.74, 6) is -0.111. The van der Waals surface area contributed by atoms with E-state index in [0.29, 0.717) is 19.6 Å². The fourth-order valence-corrected chi connectivity index (χ4v) is 2.65. The van der Waals surface area contributed by atoms with E-state index in [0.717, 1.165) is 31.5 Å². The van der Waals surface area contributed by atoms with Crippen molar-refractivity contribution in [3.8, 4) is 0 Å². The molecule has 2 rings (SSSR count). The van der Waals surface area contributed by atoms with Crippen molar-refractivity contribution >= 4 is 5.91 Å². The molecule has 1 heterocycles. The van der Waals surface area contributed by atoms with Crippen LogP contribution in [-0.2, 0) is 11.3 Å². The van der Waals surface area contributed by atoms with Crippen LogP contribution in [0.4, 0.5) is 4.39 Å². The van der Waals surface area contributed by atoms with Crippen LogP contribution in [0, 0.1) is 11.7 Å². The highest BCUT2D eigenvalue weighted by atomic mass is 19.1. The van der Waals surface area contributed by atoms with Crippen LogP contribution in [0.1, 0.15) is 18.4 Å². The van der Waals surface area contributed by atoms with Gasteiger partial charge in [-0.05, 0) is 37.1 Å². The number of nitrogens with two attached hydrogens (primary N) is 1. The zero-order valence-corrected chi connectivity index (χ0v) is 11.6. The van der Waals surface area contributed by atoms with Gasteiger partial charge in [0.1, 0.15) is 5.82 Å². The summed E-state index contributed by atoms with van der Waals surface area (Å²) in [6.45, 7) is 3.37. The Hall–Kier alpha value is -1.46. The third-order valence-corrected chi connectivity index (χ3v) is 3.62. The van der Waals surface area contributed by atoms with Gasteiger partial charge in [0.25, 0.3) is 0 Å². The molecule has 1 fully saturated rings. The summed E-state index contributed by atoms with van der Waals surface area (Å²) < 4.78 is 13.2. The molecular formula is C15H22FN3O. The molecule has 4 nitrogen and oxygen atoms in total. The summed E-state index contributed by atoms with van der Waals surface area (Å²) in [6.07, 6.45) is 1.91. The lowest BCUT2D eigenvalue weighted by Gasteiger charge is -2.32. The minimum absolute atomic E-state index is 0.0175. The molecule has 0 bridgehead atoms. The van der Waals surface area contributed by atoms with E-state index in [1.165, 1.54) is 6.07 Å². The number of hydrogen-bond donors (Lipinski definition) is 2. The van der Waals surface area contributed by atoms with Gasteiger partial charge in [0, 0.05) is 26.2 Å². The molecule has 1 aliphatic rings. The first-order valence-corrected chi connectivity index (χ1v) is 7.13. The second kappa shape index (κ2) is 7.36. The lowest BCUT2D eigenvalue weighted by molar-refractivity contribution is -0.126. The molecule has 0 aliphatic carbocycles. The first-order chi connectivity index (χ1) is 9.69. The van der Waals surface area contributed by atoms with Gasteiger partial charge in [0.05, 0.1) is 5.92 Å². The van der Waals surface area contributed by atoms with Gasteiger partial charge in [0.2, 0.25) is 5.91 Å². The number of amides is 1. The first-order valence-electron chi connectivity index (χ1n) is 7.13. The molecule has 110 valence electrons. The number of carbonyl (C=O) groups excluding carboxylic acids is 1. The average molecular weight is 279 g/mol. The number of likely N-dealkylation sites (tertiary alicyclic amines) is 1. The van der Waals surface area contributed by atoms with Gasteiger partial charge in [-0.1, -0.05) is 12.1 Å². The van der Waals surface area contributed by atoms with Crippen LogP contribution in [0.3, 0.4) is 0 Å². The van der Waals surface area contributed by atoms with Crippen molar-refractivity contribution in [1.29, 1.82) is 0 Å². The van der Waals surface area contributed by atoms with Gasteiger partial charge in [-0.25, -0.2) is 4.39 Å². The topological polar surface area (TPSA) is 58.4 Å².